The van der Waals surface area contributed by atoms with Gasteiger partial charge < -0.3 is 9.67 Å². The highest BCUT2D eigenvalue weighted by Gasteiger charge is 2.25. The molecule has 0 unspecified atom stereocenters. The summed E-state index contributed by atoms with van der Waals surface area (Å²) in [7, 11) is 0. The van der Waals surface area contributed by atoms with Gasteiger partial charge in [0, 0.05) is 5.54 Å². The van der Waals surface area contributed by atoms with E-state index in [2.05, 4.69) is 31.8 Å². The SMILES string of the molecule is CCC(C)(C)n1c(SCC(=O)O)nc2ccc(C#N)cc21. The number of hydrogen-bond donors (Lipinski definition) is 1. The molecule has 1 aromatic carbocycles. The average molecular weight is 303 g/mol. The van der Waals surface area contributed by atoms with Crippen LogP contribution in [0, 0.1) is 11.3 Å². The molecule has 6 heteroatoms. The third-order valence-electron chi connectivity index (χ3n) is 3.55. The fourth-order valence-electron chi connectivity index (χ4n) is 2.09. The first-order valence-corrected chi connectivity index (χ1v) is 7.65. The number of carbonyl (C=O) groups is 1. The van der Waals surface area contributed by atoms with E-state index in [9.17, 15) is 4.79 Å². The predicted octanol–water partition coefficient (Wildman–Crippen LogP) is 3.23. The summed E-state index contributed by atoms with van der Waals surface area (Å²) in [5.74, 6) is -0.903. The molecule has 0 radical (unpaired) electrons. The van der Waals surface area contributed by atoms with Crippen molar-refractivity contribution in [3.8, 4) is 6.07 Å². The summed E-state index contributed by atoms with van der Waals surface area (Å²) in [6.07, 6.45) is 0.871. The zero-order valence-electron chi connectivity index (χ0n) is 12.3. The normalized spacial score (nSPS) is 11.5. The fraction of sp³-hybridized carbons (Fsp3) is 0.400. The second kappa shape index (κ2) is 5.78. The van der Waals surface area contributed by atoms with Gasteiger partial charge >= 0.3 is 5.97 Å². The molecule has 1 heterocycles. The number of fused-ring (bicyclic) bond motifs is 1. The van der Waals surface area contributed by atoms with Crippen LogP contribution in [-0.4, -0.2) is 26.4 Å². The molecule has 0 saturated heterocycles. The van der Waals surface area contributed by atoms with E-state index in [1.807, 2.05) is 10.6 Å². The number of rotatable bonds is 5. The predicted molar refractivity (Wildman–Crippen MR) is 82.4 cm³/mol. The molecule has 5 nitrogen and oxygen atoms in total. The van der Waals surface area contributed by atoms with E-state index >= 15 is 0 Å². The van der Waals surface area contributed by atoms with Gasteiger partial charge in [0.1, 0.15) is 0 Å². The highest BCUT2D eigenvalue weighted by atomic mass is 32.2. The van der Waals surface area contributed by atoms with Crippen molar-refractivity contribution in [1.82, 2.24) is 9.55 Å². The highest BCUT2D eigenvalue weighted by molar-refractivity contribution is 7.99. The van der Waals surface area contributed by atoms with Gasteiger partial charge in [0.15, 0.2) is 5.16 Å². The number of aliphatic carboxylic acids is 1. The number of nitriles is 1. The van der Waals surface area contributed by atoms with Gasteiger partial charge in [0.05, 0.1) is 28.4 Å². The Labute approximate surface area is 127 Å². The lowest BCUT2D eigenvalue weighted by Gasteiger charge is -2.27. The number of nitrogens with zero attached hydrogens (tertiary/aromatic N) is 3. The number of carboxylic acid groups (broad SMARTS) is 1. The Bertz CT molecular complexity index is 728. The maximum absolute atomic E-state index is 10.8. The minimum atomic E-state index is -0.870. The molecule has 0 spiro atoms. The van der Waals surface area contributed by atoms with Crippen molar-refractivity contribution < 1.29 is 9.90 Å². The lowest BCUT2D eigenvalue weighted by Crippen LogP contribution is -2.26. The lowest BCUT2D eigenvalue weighted by atomic mass is 10.0. The molecule has 1 aromatic heterocycles. The molecule has 0 atom stereocenters. The molecule has 21 heavy (non-hydrogen) atoms. The molecule has 2 rings (SSSR count). The summed E-state index contributed by atoms with van der Waals surface area (Å²) in [5.41, 5.74) is 2.02. The fourth-order valence-corrected chi connectivity index (χ4v) is 2.98. The number of hydrogen-bond acceptors (Lipinski definition) is 4. The standard InChI is InChI=1S/C15H17N3O2S/c1-4-15(2,3)18-12-7-10(8-16)5-6-11(12)17-14(18)21-9-13(19)20/h5-7H,4,9H2,1-3H3,(H,19,20). The molecule has 2 aromatic rings. The Hall–Kier alpha value is -2.00. The van der Waals surface area contributed by atoms with Crippen LogP contribution >= 0.6 is 11.8 Å². The summed E-state index contributed by atoms with van der Waals surface area (Å²) in [6.45, 7) is 6.24. The zero-order chi connectivity index (χ0) is 15.6. The minimum Gasteiger partial charge on any atom is -0.481 e. The Kier molecular flexibility index (Phi) is 4.24. The van der Waals surface area contributed by atoms with Gasteiger partial charge in [-0.15, -0.1) is 0 Å². The van der Waals surface area contributed by atoms with Crippen LogP contribution in [0.15, 0.2) is 23.4 Å². The molecule has 0 amide bonds. The summed E-state index contributed by atoms with van der Waals surface area (Å²) < 4.78 is 2.04. The van der Waals surface area contributed by atoms with E-state index in [-0.39, 0.29) is 11.3 Å². The number of thioether (sulfide) groups is 1. The Morgan fingerprint density at radius 1 is 1.52 bits per heavy atom. The van der Waals surface area contributed by atoms with Crippen LogP contribution in [0.2, 0.25) is 0 Å². The zero-order valence-corrected chi connectivity index (χ0v) is 13.1. The first-order chi connectivity index (χ1) is 9.89. The van der Waals surface area contributed by atoms with Gasteiger partial charge in [-0.3, -0.25) is 4.79 Å². The van der Waals surface area contributed by atoms with Gasteiger partial charge in [-0.05, 0) is 38.5 Å². The largest absolute Gasteiger partial charge is 0.481 e. The molecule has 0 bridgehead atoms. The van der Waals surface area contributed by atoms with Crippen molar-refractivity contribution in [2.24, 2.45) is 0 Å². The van der Waals surface area contributed by atoms with E-state index in [1.165, 1.54) is 11.8 Å². The molecule has 0 aliphatic carbocycles. The molecule has 1 N–H and O–H groups in total. The average Bonchev–Trinajstić information content (AvgIpc) is 2.82. The molecular weight excluding hydrogens is 286 g/mol. The van der Waals surface area contributed by atoms with E-state index in [0.717, 1.165) is 17.5 Å². The van der Waals surface area contributed by atoms with Gasteiger partial charge in [0.25, 0.3) is 0 Å². The minimum absolute atomic E-state index is 0.0335. The third-order valence-corrected chi connectivity index (χ3v) is 4.47. The topological polar surface area (TPSA) is 78.9 Å². The smallest absolute Gasteiger partial charge is 0.313 e. The molecule has 0 aliphatic rings. The van der Waals surface area contributed by atoms with Crippen molar-refractivity contribution in [2.75, 3.05) is 5.75 Å². The Morgan fingerprint density at radius 3 is 2.81 bits per heavy atom. The maximum Gasteiger partial charge on any atom is 0.313 e. The maximum atomic E-state index is 10.8. The van der Waals surface area contributed by atoms with Crippen molar-refractivity contribution in [2.45, 2.75) is 37.9 Å². The summed E-state index contributed by atoms with van der Waals surface area (Å²) in [6, 6.07) is 7.48. The molecule has 110 valence electrons. The van der Waals surface area contributed by atoms with E-state index in [1.54, 1.807) is 12.1 Å². The number of benzene rings is 1. The second-order valence-electron chi connectivity index (χ2n) is 5.39. The number of imidazole rings is 1. The van der Waals surface area contributed by atoms with Gasteiger partial charge in [-0.25, -0.2) is 4.98 Å². The van der Waals surface area contributed by atoms with Crippen LogP contribution in [0.3, 0.4) is 0 Å². The Balaban J connectivity index is 2.64. The van der Waals surface area contributed by atoms with Crippen LogP contribution in [0.4, 0.5) is 0 Å². The van der Waals surface area contributed by atoms with Gasteiger partial charge in [-0.1, -0.05) is 18.7 Å². The quantitative estimate of drug-likeness (QED) is 0.858. The highest BCUT2D eigenvalue weighted by Crippen LogP contribution is 2.33. The van der Waals surface area contributed by atoms with Crippen molar-refractivity contribution in [3.63, 3.8) is 0 Å². The van der Waals surface area contributed by atoms with Crippen LogP contribution in [0.25, 0.3) is 11.0 Å². The lowest BCUT2D eigenvalue weighted by molar-refractivity contribution is -0.133. The second-order valence-corrected chi connectivity index (χ2v) is 6.34. The molecule has 0 aliphatic heterocycles. The molecule has 0 fully saturated rings. The van der Waals surface area contributed by atoms with Crippen LogP contribution in [0.1, 0.15) is 32.8 Å². The summed E-state index contributed by atoms with van der Waals surface area (Å²) in [4.78, 5) is 15.3. The van der Waals surface area contributed by atoms with Crippen molar-refractivity contribution >= 4 is 28.8 Å². The van der Waals surface area contributed by atoms with Crippen molar-refractivity contribution in [1.29, 1.82) is 5.26 Å². The first-order valence-electron chi connectivity index (χ1n) is 6.66. The summed E-state index contributed by atoms with van der Waals surface area (Å²) in [5, 5.41) is 18.6. The first kappa shape index (κ1) is 15.4. The van der Waals surface area contributed by atoms with Crippen LogP contribution in [0.5, 0.6) is 0 Å². The van der Waals surface area contributed by atoms with Gasteiger partial charge in [0.2, 0.25) is 0 Å². The third kappa shape index (κ3) is 3.03. The van der Waals surface area contributed by atoms with Crippen molar-refractivity contribution in [3.05, 3.63) is 23.8 Å². The van der Waals surface area contributed by atoms with Gasteiger partial charge in [-0.2, -0.15) is 5.26 Å². The number of carboxylic acids is 1. The van der Waals surface area contributed by atoms with E-state index < -0.39 is 5.97 Å². The van der Waals surface area contributed by atoms with E-state index in [4.69, 9.17) is 10.4 Å². The molecule has 0 saturated carbocycles. The van der Waals surface area contributed by atoms with Crippen LogP contribution in [-0.2, 0) is 10.3 Å². The van der Waals surface area contributed by atoms with E-state index in [0.29, 0.717) is 10.7 Å². The van der Waals surface area contributed by atoms with Crippen LogP contribution < -0.4 is 0 Å². The Morgan fingerprint density at radius 2 is 2.24 bits per heavy atom. The monoisotopic (exact) mass is 303 g/mol. The number of aromatic nitrogens is 2. The molecular formula is C15H17N3O2S. The summed E-state index contributed by atoms with van der Waals surface area (Å²) >= 11 is 1.21.